The van der Waals surface area contributed by atoms with Crippen molar-refractivity contribution < 1.29 is 0 Å². The van der Waals surface area contributed by atoms with Gasteiger partial charge in [-0.1, -0.05) is 30.7 Å². The minimum absolute atomic E-state index is 0.700. The number of aryl methyl sites for hydroxylation is 2. The summed E-state index contributed by atoms with van der Waals surface area (Å²) in [6, 6.07) is 9.66. The summed E-state index contributed by atoms with van der Waals surface area (Å²) in [5.74, 6) is 0.803. The fourth-order valence-corrected chi connectivity index (χ4v) is 4.44. The number of guanidine groups is 1. The van der Waals surface area contributed by atoms with Gasteiger partial charge in [0.25, 0.3) is 0 Å². The SMILES string of the molecule is CN=C(NCc1ccc(CN2CCCCC2C)cc1)NCc1nc(C)c(C)s1. The molecular weight excluding hydrogens is 366 g/mol. The molecule has 3 rings (SSSR count). The molecule has 0 saturated carbocycles. The predicted molar refractivity (Wildman–Crippen MR) is 119 cm³/mol. The molecule has 6 heteroatoms. The van der Waals surface area contributed by atoms with Crippen LogP contribution < -0.4 is 10.6 Å². The smallest absolute Gasteiger partial charge is 0.191 e. The topological polar surface area (TPSA) is 52.6 Å². The molecule has 0 aliphatic carbocycles. The van der Waals surface area contributed by atoms with Gasteiger partial charge in [-0.05, 0) is 51.3 Å². The average Bonchev–Trinajstić information content (AvgIpc) is 3.02. The lowest BCUT2D eigenvalue weighted by atomic mass is 10.0. The summed E-state index contributed by atoms with van der Waals surface area (Å²) in [5, 5.41) is 7.83. The van der Waals surface area contributed by atoms with Gasteiger partial charge in [0.2, 0.25) is 0 Å². The number of aliphatic imine (C=N–C) groups is 1. The van der Waals surface area contributed by atoms with Crippen molar-refractivity contribution in [3.8, 4) is 0 Å². The van der Waals surface area contributed by atoms with E-state index in [1.807, 2.05) is 0 Å². The van der Waals surface area contributed by atoms with Crippen LogP contribution in [0, 0.1) is 13.8 Å². The average molecular weight is 400 g/mol. The van der Waals surface area contributed by atoms with Crippen LogP contribution >= 0.6 is 11.3 Å². The largest absolute Gasteiger partial charge is 0.352 e. The molecule has 1 aromatic carbocycles. The van der Waals surface area contributed by atoms with Crippen molar-refractivity contribution in [1.82, 2.24) is 20.5 Å². The van der Waals surface area contributed by atoms with E-state index in [2.05, 4.69) is 70.5 Å². The molecule has 1 aliphatic rings. The molecule has 0 spiro atoms. The first kappa shape index (κ1) is 20.8. The van der Waals surface area contributed by atoms with Gasteiger partial charge in [0.1, 0.15) is 5.01 Å². The molecule has 152 valence electrons. The predicted octanol–water partition coefficient (Wildman–Crippen LogP) is 4.00. The molecule has 2 aromatic rings. The van der Waals surface area contributed by atoms with Crippen molar-refractivity contribution in [2.45, 2.75) is 65.7 Å². The molecule has 1 aliphatic heterocycles. The number of likely N-dealkylation sites (tertiary alicyclic amines) is 1. The van der Waals surface area contributed by atoms with Crippen molar-refractivity contribution in [2.24, 2.45) is 4.99 Å². The zero-order chi connectivity index (χ0) is 19.9. The lowest BCUT2D eigenvalue weighted by molar-refractivity contribution is 0.152. The van der Waals surface area contributed by atoms with Crippen LogP contribution in [0.15, 0.2) is 29.3 Å². The Morgan fingerprint density at radius 3 is 2.50 bits per heavy atom. The van der Waals surface area contributed by atoms with Crippen molar-refractivity contribution in [1.29, 1.82) is 0 Å². The number of nitrogens with zero attached hydrogens (tertiary/aromatic N) is 3. The van der Waals surface area contributed by atoms with Crippen LogP contribution in [0.3, 0.4) is 0 Å². The monoisotopic (exact) mass is 399 g/mol. The standard InChI is InChI=1S/C22H33N5S/c1-16-7-5-6-12-27(16)15-20-10-8-19(9-11-20)13-24-22(23-4)25-14-21-26-17(2)18(3)28-21/h8-11,16H,5-7,12-15H2,1-4H3,(H2,23,24,25). The zero-order valence-electron chi connectivity index (χ0n) is 17.6. The van der Waals surface area contributed by atoms with E-state index in [0.717, 1.165) is 29.8 Å². The molecule has 1 aromatic heterocycles. The lowest BCUT2D eigenvalue weighted by Crippen LogP contribution is -2.37. The van der Waals surface area contributed by atoms with E-state index in [1.165, 1.54) is 41.8 Å². The fraction of sp³-hybridized carbons (Fsp3) is 0.545. The third-order valence-corrected chi connectivity index (χ3v) is 6.59. The molecular formula is C22H33N5S. The molecule has 1 saturated heterocycles. The highest BCUT2D eigenvalue weighted by molar-refractivity contribution is 7.11. The maximum Gasteiger partial charge on any atom is 0.191 e. The van der Waals surface area contributed by atoms with Crippen LogP contribution in [0.1, 0.15) is 52.9 Å². The van der Waals surface area contributed by atoms with Crippen LogP contribution in [0.4, 0.5) is 0 Å². The Morgan fingerprint density at radius 2 is 1.86 bits per heavy atom. The number of benzene rings is 1. The van der Waals surface area contributed by atoms with Crippen molar-refractivity contribution >= 4 is 17.3 Å². The summed E-state index contributed by atoms with van der Waals surface area (Å²) in [5.41, 5.74) is 3.78. The van der Waals surface area contributed by atoms with Gasteiger partial charge in [-0.3, -0.25) is 9.89 Å². The second-order valence-electron chi connectivity index (χ2n) is 7.66. The number of aromatic nitrogens is 1. The van der Waals surface area contributed by atoms with Gasteiger partial charge >= 0.3 is 0 Å². The molecule has 1 fully saturated rings. The van der Waals surface area contributed by atoms with Crippen LogP contribution in [0.25, 0.3) is 0 Å². The van der Waals surface area contributed by atoms with Gasteiger partial charge < -0.3 is 10.6 Å². The minimum atomic E-state index is 0.700. The maximum atomic E-state index is 4.57. The van der Waals surface area contributed by atoms with E-state index in [1.54, 1.807) is 18.4 Å². The van der Waals surface area contributed by atoms with Gasteiger partial charge in [-0.15, -0.1) is 11.3 Å². The molecule has 2 heterocycles. The third-order valence-electron chi connectivity index (χ3n) is 5.51. The molecule has 28 heavy (non-hydrogen) atoms. The van der Waals surface area contributed by atoms with Crippen molar-refractivity contribution in [3.05, 3.63) is 51.0 Å². The van der Waals surface area contributed by atoms with Crippen LogP contribution in [-0.4, -0.2) is 35.5 Å². The van der Waals surface area contributed by atoms with E-state index in [0.29, 0.717) is 12.6 Å². The molecule has 0 radical (unpaired) electrons. The first-order valence-electron chi connectivity index (χ1n) is 10.2. The Balaban J connectivity index is 1.46. The normalized spacial score (nSPS) is 18.3. The fourth-order valence-electron chi connectivity index (χ4n) is 3.57. The number of piperidine rings is 1. The van der Waals surface area contributed by atoms with E-state index in [9.17, 15) is 0 Å². The van der Waals surface area contributed by atoms with E-state index in [4.69, 9.17) is 0 Å². The summed E-state index contributed by atoms with van der Waals surface area (Å²) in [4.78, 5) is 12.8. The first-order valence-corrected chi connectivity index (χ1v) is 11.1. The highest BCUT2D eigenvalue weighted by atomic mass is 32.1. The van der Waals surface area contributed by atoms with E-state index < -0.39 is 0 Å². The van der Waals surface area contributed by atoms with Crippen molar-refractivity contribution in [3.63, 3.8) is 0 Å². The highest BCUT2D eigenvalue weighted by Gasteiger charge is 2.17. The Bertz CT molecular complexity index is 761. The van der Waals surface area contributed by atoms with Crippen LogP contribution in [0.2, 0.25) is 0 Å². The summed E-state index contributed by atoms with van der Waals surface area (Å²) < 4.78 is 0. The van der Waals surface area contributed by atoms with Gasteiger partial charge in [-0.25, -0.2) is 4.98 Å². The summed E-state index contributed by atoms with van der Waals surface area (Å²) in [6.07, 6.45) is 4.03. The first-order chi connectivity index (χ1) is 13.5. The number of rotatable bonds is 6. The Kier molecular flexibility index (Phi) is 7.45. The van der Waals surface area contributed by atoms with Gasteiger partial charge in [0, 0.05) is 31.1 Å². The maximum absolute atomic E-state index is 4.57. The lowest BCUT2D eigenvalue weighted by Gasteiger charge is -2.33. The Morgan fingerprint density at radius 1 is 1.14 bits per heavy atom. The molecule has 1 unspecified atom stereocenters. The number of hydrogen-bond donors (Lipinski definition) is 2. The minimum Gasteiger partial charge on any atom is -0.352 e. The molecule has 1 atom stereocenters. The second-order valence-corrected chi connectivity index (χ2v) is 8.95. The van der Waals surface area contributed by atoms with E-state index in [-0.39, 0.29) is 0 Å². The van der Waals surface area contributed by atoms with Gasteiger partial charge in [0.05, 0.1) is 12.2 Å². The highest BCUT2D eigenvalue weighted by Crippen LogP contribution is 2.19. The summed E-state index contributed by atoms with van der Waals surface area (Å²) in [7, 11) is 1.80. The second kappa shape index (κ2) is 10.0. The van der Waals surface area contributed by atoms with Gasteiger partial charge in [-0.2, -0.15) is 0 Å². The number of hydrogen-bond acceptors (Lipinski definition) is 4. The number of thiazole rings is 1. The molecule has 5 nitrogen and oxygen atoms in total. The quantitative estimate of drug-likeness (QED) is 0.569. The van der Waals surface area contributed by atoms with Gasteiger partial charge in [0.15, 0.2) is 5.96 Å². The number of nitrogens with one attached hydrogen (secondary N) is 2. The van der Waals surface area contributed by atoms with Crippen molar-refractivity contribution in [2.75, 3.05) is 13.6 Å². The zero-order valence-corrected chi connectivity index (χ0v) is 18.4. The third kappa shape index (κ3) is 5.79. The Hall–Kier alpha value is -1.92. The van der Waals surface area contributed by atoms with Crippen LogP contribution in [0.5, 0.6) is 0 Å². The molecule has 0 bridgehead atoms. The molecule has 0 amide bonds. The van der Waals surface area contributed by atoms with E-state index >= 15 is 0 Å². The van der Waals surface area contributed by atoms with Crippen LogP contribution in [-0.2, 0) is 19.6 Å². The summed E-state index contributed by atoms with van der Waals surface area (Å²) in [6.45, 7) is 10.3. The summed E-state index contributed by atoms with van der Waals surface area (Å²) >= 11 is 1.74. The molecule has 2 N–H and O–H groups in total. The Labute approximate surface area is 173 Å².